The molecule has 14 heavy (non-hydrogen) atoms. The number of ketones is 1. The first kappa shape index (κ1) is 12.5. The summed E-state index contributed by atoms with van der Waals surface area (Å²) < 4.78 is 0.955. The molecule has 1 unspecified atom stereocenters. The van der Waals surface area contributed by atoms with Gasteiger partial charge in [-0.25, -0.2) is 0 Å². The first-order valence-electron chi connectivity index (χ1n) is 4.09. The van der Waals surface area contributed by atoms with Crippen LogP contribution < -0.4 is 0 Å². The summed E-state index contributed by atoms with van der Waals surface area (Å²) in [7, 11) is 0. The van der Waals surface area contributed by atoms with Gasteiger partial charge < -0.3 is 0 Å². The van der Waals surface area contributed by atoms with E-state index in [-0.39, 0.29) is 10.6 Å². The van der Waals surface area contributed by atoms with Crippen LogP contribution in [0.25, 0.3) is 0 Å². The molecule has 0 spiro atoms. The predicted octanol–water partition coefficient (Wildman–Crippen LogP) is 4.00. The monoisotopic (exact) mass is 386 g/mol. The highest BCUT2D eigenvalue weighted by molar-refractivity contribution is 14.1. The largest absolute Gasteiger partial charge is 0.293 e. The van der Waals surface area contributed by atoms with E-state index in [9.17, 15) is 4.79 Å². The van der Waals surface area contributed by atoms with Crippen molar-refractivity contribution in [1.29, 1.82) is 0 Å². The normalized spacial score (nSPS) is 12.6. The van der Waals surface area contributed by atoms with Crippen molar-refractivity contribution in [2.45, 2.75) is 17.6 Å². The fraction of sp³-hybridized carbons (Fsp3) is 0.300. The fourth-order valence-corrected chi connectivity index (χ4v) is 2.60. The van der Waals surface area contributed by atoms with Crippen LogP contribution in [0.3, 0.4) is 0 Å². The Balaban J connectivity index is 3.16. The number of Topliss-reactive ketones (excluding diaryl/α,β-unsaturated/α-hetero) is 1. The van der Waals surface area contributed by atoms with E-state index in [2.05, 4.69) is 38.5 Å². The molecule has 0 amide bonds. The van der Waals surface area contributed by atoms with Crippen molar-refractivity contribution in [2.24, 2.45) is 0 Å². The van der Waals surface area contributed by atoms with E-state index in [0.29, 0.717) is 5.88 Å². The Hall–Kier alpha value is 0.390. The molecule has 0 saturated heterocycles. The number of benzene rings is 1. The lowest BCUT2D eigenvalue weighted by molar-refractivity contribution is 0.0995. The van der Waals surface area contributed by atoms with E-state index >= 15 is 0 Å². The van der Waals surface area contributed by atoms with Gasteiger partial charge in [0.1, 0.15) is 0 Å². The molecule has 0 N–H and O–H groups in total. The number of halogens is 3. The summed E-state index contributed by atoms with van der Waals surface area (Å²) in [6, 6.07) is 5.63. The zero-order valence-corrected chi connectivity index (χ0v) is 12.1. The molecular formula is C10H9BrClIO. The second-order valence-corrected chi connectivity index (χ2v) is 5.61. The summed E-state index contributed by atoms with van der Waals surface area (Å²) in [6.45, 7) is 1.83. The molecule has 0 aliphatic carbocycles. The van der Waals surface area contributed by atoms with E-state index in [1.807, 2.05) is 25.1 Å². The Morgan fingerprint density at radius 1 is 1.64 bits per heavy atom. The SMILES string of the molecule is CC(Br)C(=O)c1cccc(CCl)c1I. The van der Waals surface area contributed by atoms with Gasteiger partial charge in [0.05, 0.1) is 4.83 Å². The number of alkyl halides is 2. The zero-order valence-electron chi connectivity index (χ0n) is 7.56. The van der Waals surface area contributed by atoms with Gasteiger partial charge in [0, 0.05) is 15.0 Å². The lowest BCUT2D eigenvalue weighted by Gasteiger charge is -2.08. The minimum atomic E-state index is -0.151. The summed E-state index contributed by atoms with van der Waals surface area (Å²) in [5, 5.41) is 0. The van der Waals surface area contributed by atoms with Crippen LogP contribution in [-0.4, -0.2) is 10.6 Å². The molecule has 0 aliphatic rings. The molecule has 1 rings (SSSR count). The molecular weight excluding hydrogens is 378 g/mol. The van der Waals surface area contributed by atoms with E-state index in [1.165, 1.54) is 0 Å². The summed E-state index contributed by atoms with van der Waals surface area (Å²) in [6.07, 6.45) is 0. The molecule has 0 heterocycles. The second kappa shape index (κ2) is 5.47. The molecule has 1 nitrogen and oxygen atoms in total. The van der Waals surface area contributed by atoms with Crippen molar-refractivity contribution in [1.82, 2.24) is 0 Å². The van der Waals surface area contributed by atoms with Crippen LogP contribution in [0.1, 0.15) is 22.8 Å². The number of hydrogen-bond donors (Lipinski definition) is 0. The van der Waals surface area contributed by atoms with Gasteiger partial charge >= 0.3 is 0 Å². The van der Waals surface area contributed by atoms with Crippen molar-refractivity contribution in [3.63, 3.8) is 0 Å². The Bertz CT molecular complexity index is 352. The Morgan fingerprint density at radius 2 is 2.29 bits per heavy atom. The number of rotatable bonds is 3. The quantitative estimate of drug-likeness (QED) is 0.435. The molecule has 0 fully saturated rings. The predicted molar refractivity (Wildman–Crippen MR) is 71.4 cm³/mol. The highest BCUT2D eigenvalue weighted by atomic mass is 127. The Morgan fingerprint density at radius 3 is 2.79 bits per heavy atom. The maximum Gasteiger partial charge on any atom is 0.177 e. The van der Waals surface area contributed by atoms with Crippen LogP contribution >= 0.6 is 50.1 Å². The van der Waals surface area contributed by atoms with Gasteiger partial charge in [-0.15, -0.1) is 11.6 Å². The second-order valence-electron chi connectivity index (χ2n) is 2.89. The van der Waals surface area contributed by atoms with Crippen LogP contribution in [-0.2, 0) is 5.88 Å². The van der Waals surface area contributed by atoms with Crippen molar-refractivity contribution in [3.05, 3.63) is 32.9 Å². The highest BCUT2D eigenvalue weighted by Crippen LogP contribution is 2.21. The molecule has 1 atom stereocenters. The smallest absolute Gasteiger partial charge is 0.177 e. The molecule has 1 aromatic carbocycles. The van der Waals surface area contributed by atoms with Crippen molar-refractivity contribution in [3.8, 4) is 0 Å². The summed E-state index contributed by atoms with van der Waals surface area (Å²) in [5.41, 5.74) is 1.75. The van der Waals surface area contributed by atoms with E-state index in [0.717, 1.165) is 14.7 Å². The van der Waals surface area contributed by atoms with Crippen molar-refractivity contribution >= 4 is 55.9 Å². The minimum absolute atomic E-state index is 0.0985. The van der Waals surface area contributed by atoms with E-state index in [1.54, 1.807) is 0 Å². The van der Waals surface area contributed by atoms with Crippen molar-refractivity contribution in [2.75, 3.05) is 0 Å². The lowest BCUT2D eigenvalue weighted by atomic mass is 10.1. The molecule has 0 bridgehead atoms. The topological polar surface area (TPSA) is 17.1 Å². The van der Waals surface area contributed by atoms with Gasteiger partial charge in [-0.05, 0) is 35.1 Å². The van der Waals surface area contributed by atoms with Gasteiger partial charge in [0.2, 0.25) is 0 Å². The minimum Gasteiger partial charge on any atom is -0.293 e. The molecule has 76 valence electrons. The van der Waals surface area contributed by atoms with Gasteiger partial charge in [0.25, 0.3) is 0 Å². The average Bonchev–Trinajstić information content (AvgIpc) is 2.17. The van der Waals surface area contributed by atoms with Crippen LogP contribution in [0.4, 0.5) is 0 Å². The Labute approximate surface area is 110 Å². The molecule has 0 radical (unpaired) electrons. The first-order chi connectivity index (χ1) is 6.57. The van der Waals surface area contributed by atoms with Gasteiger partial charge in [0.15, 0.2) is 5.78 Å². The third-order valence-electron chi connectivity index (χ3n) is 1.85. The number of hydrogen-bond acceptors (Lipinski definition) is 1. The first-order valence-corrected chi connectivity index (χ1v) is 6.62. The standard InChI is InChI=1S/C10H9BrClIO/c1-6(11)10(14)8-4-2-3-7(5-12)9(8)13/h2-4,6H,5H2,1H3. The Kier molecular flexibility index (Phi) is 4.87. The summed E-state index contributed by atoms with van der Waals surface area (Å²) >= 11 is 11.2. The third-order valence-corrected chi connectivity index (χ3v) is 3.83. The summed E-state index contributed by atoms with van der Waals surface area (Å²) in [4.78, 5) is 11.6. The zero-order chi connectivity index (χ0) is 10.7. The van der Waals surface area contributed by atoms with Gasteiger partial charge in [-0.1, -0.05) is 34.1 Å². The van der Waals surface area contributed by atoms with E-state index < -0.39 is 0 Å². The average molecular weight is 387 g/mol. The number of carbonyl (C=O) groups is 1. The molecule has 1 aromatic rings. The van der Waals surface area contributed by atoms with Crippen LogP contribution in [0.5, 0.6) is 0 Å². The van der Waals surface area contributed by atoms with Gasteiger partial charge in [-0.3, -0.25) is 4.79 Å². The van der Waals surface area contributed by atoms with Crippen molar-refractivity contribution < 1.29 is 4.79 Å². The summed E-state index contributed by atoms with van der Waals surface area (Å²) in [5.74, 6) is 0.539. The lowest BCUT2D eigenvalue weighted by Crippen LogP contribution is -2.12. The molecule has 0 saturated carbocycles. The maximum atomic E-state index is 11.7. The van der Waals surface area contributed by atoms with Gasteiger partial charge in [-0.2, -0.15) is 0 Å². The highest BCUT2D eigenvalue weighted by Gasteiger charge is 2.16. The van der Waals surface area contributed by atoms with Crippen LogP contribution in [0.2, 0.25) is 0 Å². The third kappa shape index (κ3) is 2.70. The van der Waals surface area contributed by atoms with E-state index in [4.69, 9.17) is 11.6 Å². The molecule has 4 heteroatoms. The van der Waals surface area contributed by atoms with Crippen LogP contribution in [0.15, 0.2) is 18.2 Å². The maximum absolute atomic E-state index is 11.7. The fourth-order valence-electron chi connectivity index (χ4n) is 1.09. The van der Waals surface area contributed by atoms with Crippen LogP contribution in [0, 0.1) is 3.57 Å². The number of carbonyl (C=O) groups excluding carboxylic acids is 1. The molecule has 0 aliphatic heterocycles. The molecule has 0 aromatic heterocycles.